The number of rotatable bonds is 9. The van der Waals surface area contributed by atoms with Crippen LogP contribution < -0.4 is 16.2 Å². The molecule has 0 spiro atoms. The largest absolute Gasteiger partial charge is 0.490 e. The minimum Gasteiger partial charge on any atom is -0.490 e. The van der Waals surface area contributed by atoms with E-state index in [1.165, 1.54) is 0 Å². The normalized spacial score (nSPS) is 11.9. The van der Waals surface area contributed by atoms with Gasteiger partial charge in [0.2, 0.25) is 0 Å². The zero-order valence-corrected chi connectivity index (χ0v) is 19.6. The summed E-state index contributed by atoms with van der Waals surface area (Å²) in [7, 11) is 0. The lowest BCUT2D eigenvalue weighted by molar-refractivity contribution is 0.130. The first kappa shape index (κ1) is 26.0. The average molecular weight is 425 g/mol. The smallest absolute Gasteiger partial charge is 0.170 e. The van der Waals surface area contributed by atoms with Crippen LogP contribution in [0.1, 0.15) is 81.8 Å². The van der Waals surface area contributed by atoms with Crippen molar-refractivity contribution >= 4 is 5.84 Å². The van der Waals surface area contributed by atoms with Crippen molar-refractivity contribution in [3.8, 4) is 11.8 Å². The molecule has 168 valence electrons. The highest BCUT2D eigenvalue weighted by Gasteiger charge is 2.14. The van der Waals surface area contributed by atoms with E-state index in [1.807, 2.05) is 52.0 Å². The molecule has 0 fully saturated rings. The van der Waals surface area contributed by atoms with Gasteiger partial charge < -0.3 is 21.0 Å². The van der Waals surface area contributed by atoms with Gasteiger partial charge in [-0.25, -0.2) is 0 Å². The van der Waals surface area contributed by atoms with Crippen molar-refractivity contribution in [1.29, 1.82) is 5.26 Å². The molecular weight excluding hydrogens is 388 g/mol. The lowest BCUT2D eigenvalue weighted by atomic mass is 9.93. The van der Waals surface area contributed by atoms with Crippen LogP contribution in [0.4, 0.5) is 0 Å². The SMILES string of the molecule is CC.CCc1c(/C(N)=N/OCc2ccc(OC(C)C)c(C#N)c2)cccc1[C@@H](N)CC. The summed E-state index contributed by atoms with van der Waals surface area (Å²) >= 11 is 0. The van der Waals surface area contributed by atoms with Gasteiger partial charge in [0.1, 0.15) is 18.4 Å². The van der Waals surface area contributed by atoms with E-state index < -0.39 is 0 Å². The van der Waals surface area contributed by atoms with E-state index in [-0.39, 0.29) is 18.8 Å². The molecule has 0 bridgehead atoms. The van der Waals surface area contributed by atoms with E-state index >= 15 is 0 Å². The van der Waals surface area contributed by atoms with Crippen molar-refractivity contribution in [3.05, 3.63) is 64.2 Å². The maximum absolute atomic E-state index is 9.34. The highest BCUT2D eigenvalue weighted by molar-refractivity contribution is 5.98. The molecule has 2 aromatic carbocycles. The van der Waals surface area contributed by atoms with Gasteiger partial charge in [0.05, 0.1) is 11.7 Å². The second-order valence-electron chi connectivity index (χ2n) is 7.10. The van der Waals surface area contributed by atoms with Crippen LogP contribution in [0.5, 0.6) is 5.75 Å². The van der Waals surface area contributed by atoms with Crippen LogP contribution in [0.15, 0.2) is 41.6 Å². The molecule has 0 aliphatic heterocycles. The second kappa shape index (κ2) is 13.3. The molecule has 0 aliphatic carbocycles. The van der Waals surface area contributed by atoms with E-state index in [1.54, 1.807) is 12.1 Å². The number of oxime groups is 1. The van der Waals surface area contributed by atoms with Gasteiger partial charge in [-0.2, -0.15) is 5.26 Å². The van der Waals surface area contributed by atoms with Crippen molar-refractivity contribution in [2.24, 2.45) is 16.6 Å². The van der Waals surface area contributed by atoms with Crippen LogP contribution in [0, 0.1) is 11.3 Å². The average Bonchev–Trinajstić information content (AvgIpc) is 2.79. The summed E-state index contributed by atoms with van der Waals surface area (Å²) in [5, 5.41) is 13.4. The molecule has 6 nitrogen and oxygen atoms in total. The molecule has 0 aliphatic rings. The number of amidine groups is 1. The van der Waals surface area contributed by atoms with Crippen molar-refractivity contribution in [3.63, 3.8) is 0 Å². The molecule has 6 heteroatoms. The molecule has 2 rings (SSSR count). The van der Waals surface area contributed by atoms with Gasteiger partial charge in [0, 0.05) is 11.6 Å². The van der Waals surface area contributed by atoms with Crippen LogP contribution in [0.25, 0.3) is 0 Å². The lowest BCUT2D eigenvalue weighted by Crippen LogP contribution is -2.19. The topological polar surface area (TPSA) is 107 Å². The Morgan fingerprint density at radius 3 is 2.45 bits per heavy atom. The van der Waals surface area contributed by atoms with Gasteiger partial charge in [-0.3, -0.25) is 0 Å². The number of ether oxygens (including phenoxy) is 1. The molecule has 0 saturated heterocycles. The number of nitrogens with zero attached hydrogens (tertiary/aromatic N) is 2. The number of hydrogen-bond donors (Lipinski definition) is 2. The minimum absolute atomic E-state index is 0.00190. The van der Waals surface area contributed by atoms with Crippen LogP contribution in [0.3, 0.4) is 0 Å². The predicted molar refractivity (Wildman–Crippen MR) is 127 cm³/mol. The zero-order chi connectivity index (χ0) is 23.4. The van der Waals surface area contributed by atoms with Crippen molar-refractivity contribution < 1.29 is 9.57 Å². The quantitative estimate of drug-likeness (QED) is 0.328. The molecule has 0 heterocycles. The Bertz CT molecular complexity index is 901. The first-order valence-corrected chi connectivity index (χ1v) is 10.9. The van der Waals surface area contributed by atoms with E-state index in [0.29, 0.717) is 17.1 Å². The fourth-order valence-electron chi connectivity index (χ4n) is 3.14. The Hall–Kier alpha value is -3.04. The fraction of sp³-hybridized carbons (Fsp3) is 0.440. The third kappa shape index (κ3) is 7.30. The zero-order valence-electron chi connectivity index (χ0n) is 19.6. The lowest BCUT2D eigenvalue weighted by Gasteiger charge is -2.17. The molecule has 0 saturated carbocycles. The summed E-state index contributed by atoms with van der Waals surface area (Å²) in [6.45, 7) is 12.2. The van der Waals surface area contributed by atoms with E-state index in [4.69, 9.17) is 21.0 Å². The van der Waals surface area contributed by atoms with Gasteiger partial charge in [-0.05, 0) is 55.5 Å². The molecule has 1 atom stereocenters. The predicted octanol–water partition coefficient (Wildman–Crippen LogP) is 5.18. The summed E-state index contributed by atoms with van der Waals surface area (Å²) in [5.74, 6) is 0.873. The maximum Gasteiger partial charge on any atom is 0.170 e. The summed E-state index contributed by atoms with van der Waals surface area (Å²) < 4.78 is 5.64. The van der Waals surface area contributed by atoms with E-state index in [2.05, 4.69) is 25.1 Å². The molecule has 0 amide bonds. The van der Waals surface area contributed by atoms with Crippen LogP contribution >= 0.6 is 0 Å². The summed E-state index contributed by atoms with van der Waals surface area (Å²) in [5.41, 5.74) is 16.7. The summed E-state index contributed by atoms with van der Waals surface area (Å²) in [6, 6.07) is 13.4. The molecule has 0 aromatic heterocycles. The number of hydrogen-bond acceptors (Lipinski definition) is 5. The van der Waals surface area contributed by atoms with Gasteiger partial charge in [0.15, 0.2) is 5.84 Å². The molecule has 31 heavy (non-hydrogen) atoms. The number of nitriles is 1. The Labute approximate surface area is 186 Å². The summed E-state index contributed by atoms with van der Waals surface area (Å²) in [4.78, 5) is 5.46. The minimum atomic E-state index is -0.0328. The summed E-state index contributed by atoms with van der Waals surface area (Å²) in [6.07, 6.45) is 1.65. The second-order valence-corrected chi connectivity index (χ2v) is 7.10. The Morgan fingerprint density at radius 1 is 1.16 bits per heavy atom. The van der Waals surface area contributed by atoms with Crippen LogP contribution in [-0.2, 0) is 17.9 Å². The highest BCUT2D eigenvalue weighted by Crippen LogP contribution is 2.23. The standard InChI is InChI=1S/C23H30N4O2.C2H6/c1-5-18-19(21(25)6-2)8-7-9-20(18)23(26)27-28-14-16-10-11-22(29-15(3)4)17(12-16)13-24;1-2/h7-12,15,21H,5-6,14,25H2,1-4H3,(H2,26,27);1-2H3/t21-;/m0./s1. The third-order valence-electron chi connectivity index (χ3n) is 4.60. The first-order valence-electron chi connectivity index (χ1n) is 10.9. The number of benzene rings is 2. The fourth-order valence-corrected chi connectivity index (χ4v) is 3.14. The number of nitrogens with two attached hydrogens (primary N) is 2. The molecule has 0 radical (unpaired) electrons. The van der Waals surface area contributed by atoms with Crippen molar-refractivity contribution in [2.45, 2.75) is 73.1 Å². The molecular formula is C25H36N4O2. The third-order valence-corrected chi connectivity index (χ3v) is 4.60. The molecule has 4 N–H and O–H groups in total. The Morgan fingerprint density at radius 2 is 1.87 bits per heavy atom. The Kier molecular flexibility index (Phi) is 11.2. The first-order chi connectivity index (χ1) is 14.9. The Balaban J connectivity index is 0.00000233. The van der Waals surface area contributed by atoms with Gasteiger partial charge in [0.25, 0.3) is 0 Å². The van der Waals surface area contributed by atoms with Gasteiger partial charge >= 0.3 is 0 Å². The van der Waals surface area contributed by atoms with Crippen molar-refractivity contribution in [1.82, 2.24) is 0 Å². The van der Waals surface area contributed by atoms with Crippen LogP contribution in [0.2, 0.25) is 0 Å². The maximum atomic E-state index is 9.34. The van der Waals surface area contributed by atoms with Crippen LogP contribution in [-0.4, -0.2) is 11.9 Å². The highest BCUT2D eigenvalue weighted by atomic mass is 16.6. The van der Waals surface area contributed by atoms with Crippen molar-refractivity contribution in [2.75, 3.05) is 0 Å². The van der Waals surface area contributed by atoms with Gasteiger partial charge in [-0.1, -0.05) is 57.1 Å². The van der Waals surface area contributed by atoms with E-state index in [0.717, 1.165) is 35.1 Å². The molecule has 0 unspecified atom stereocenters. The van der Waals surface area contributed by atoms with E-state index in [9.17, 15) is 5.26 Å². The molecule has 2 aromatic rings. The van der Waals surface area contributed by atoms with Gasteiger partial charge in [-0.15, -0.1) is 0 Å². The monoisotopic (exact) mass is 424 g/mol.